The van der Waals surface area contributed by atoms with Crippen molar-refractivity contribution in [1.82, 2.24) is 34.5 Å². The summed E-state index contributed by atoms with van der Waals surface area (Å²) in [5.74, 6) is 1.56. The van der Waals surface area contributed by atoms with E-state index in [4.69, 9.17) is 14.8 Å². The summed E-state index contributed by atoms with van der Waals surface area (Å²) in [5, 5.41) is 18.7. The van der Waals surface area contributed by atoms with Crippen LogP contribution in [0.25, 0.3) is 33.2 Å². The van der Waals surface area contributed by atoms with Gasteiger partial charge in [0.25, 0.3) is 0 Å². The van der Waals surface area contributed by atoms with E-state index in [-0.39, 0.29) is 6.61 Å². The quantitative estimate of drug-likeness (QED) is 0.405. The van der Waals surface area contributed by atoms with Crippen LogP contribution in [0.2, 0.25) is 0 Å². The van der Waals surface area contributed by atoms with Crippen molar-refractivity contribution in [2.24, 2.45) is 0 Å². The first-order valence-corrected chi connectivity index (χ1v) is 11.8. The summed E-state index contributed by atoms with van der Waals surface area (Å²) in [4.78, 5) is 14.7. The molecule has 0 fully saturated rings. The Morgan fingerprint density at radius 2 is 2.00 bits per heavy atom. The Morgan fingerprint density at radius 3 is 2.88 bits per heavy atom. The van der Waals surface area contributed by atoms with E-state index >= 15 is 0 Å². The van der Waals surface area contributed by atoms with Crippen LogP contribution in [0.3, 0.4) is 0 Å². The van der Waals surface area contributed by atoms with E-state index in [9.17, 15) is 0 Å². The van der Waals surface area contributed by atoms with Crippen molar-refractivity contribution in [3.05, 3.63) is 71.9 Å². The van der Waals surface area contributed by atoms with E-state index in [0.717, 1.165) is 51.0 Å². The number of thiazole rings is 1. The number of hydrogen-bond acceptors (Lipinski definition) is 8. The van der Waals surface area contributed by atoms with Crippen molar-refractivity contribution in [3.8, 4) is 39.0 Å². The van der Waals surface area contributed by atoms with Crippen molar-refractivity contribution in [3.63, 3.8) is 0 Å². The first kappa shape index (κ1) is 20.7. The number of hydrogen-bond donors (Lipinski definition) is 1. The molecule has 1 aliphatic rings. The zero-order chi connectivity index (χ0) is 22.9. The van der Waals surface area contributed by atoms with Crippen LogP contribution >= 0.6 is 11.3 Å². The number of aliphatic hydroxyl groups is 1. The summed E-state index contributed by atoms with van der Waals surface area (Å²) in [7, 11) is 0. The molecule has 5 heterocycles. The van der Waals surface area contributed by atoms with E-state index in [2.05, 4.69) is 32.3 Å². The molecule has 0 spiro atoms. The largest absolute Gasteiger partial charge is 0.492 e. The third kappa shape index (κ3) is 3.87. The van der Waals surface area contributed by atoms with Crippen LogP contribution in [-0.4, -0.2) is 52.8 Å². The van der Waals surface area contributed by atoms with E-state index in [1.54, 1.807) is 40.9 Å². The average molecular weight is 472 g/mol. The molecular weight excluding hydrogens is 450 g/mol. The highest BCUT2D eigenvalue weighted by molar-refractivity contribution is 7.15. The molecular formula is C24H21N7O2S. The highest BCUT2D eigenvalue weighted by atomic mass is 32.1. The minimum absolute atomic E-state index is 0.0552. The number of aromatic nitrogens is 7. The highest BCUT2D eigenvalue weighted by Gasteiger charge is 2.23. The summed E-state index contributed by atoms with van der Waals surface area (Å²) in [6.45, 7) is 1.71. The second kappa shape index (κ2) is 8.81. The Balaban J connectivity index is 1.34. The zero-order valence-electron chi connectivity index (χ0n) is 18.2. The molecule has 1 aliphatic heterocycles. The molecule has 0 aliphatic carbocycles. The number of benzene rings is 1. The molecule has 10 heteroatoms. The van der Waals surface area contributed by atoms with Gasteiger partial charge in [-0.3, -0.25) is 9.67 Å². The van der Waals surface area contributed by atoms with E-state index in [1.807, 2.05) is 29.1 Å². The van der Waals surface area contributed by atoms with Crippen molar-refractivity contribution in [2.75, 3.05) is 13.2 Å². The van der Waals surface area contributed by atoms with Crippen LogP contribution in [0.4, 0.5) is 0 Å². The van der Waals surface area contributed by atoms with Crippen molar-refractivity contribution in [2.45, 2.75) is 19.5 Å². The number of aliphatic hydroxyl groups excluding tert-OH is 1. The predicted molar refractivity (Wildman–Crippen MR) is 127 cm³/mol. The molecule has 0 saturated heterocycles. The van der Waals surface area contributed by atoms with Gasteiger partial charge in [0.2, 0.25) is 0 Å². The minimum Gasteiger partial charge on any atom is -0.492 e. The van der Waals surface area contributed by atoms with Gasteiger partial charge in [0, 0.05) is 41.0 Å². The lowest BCUT2D eigenvalue weighted by Gasteiger charge is -2.09. The fourth-order valence-corrected chi connectivity index (χ4v) is 5.10. The van der Waals surface area contributed by atoms with E-state index in [1.165, 1.54) is 4.88 Å². The molecule has 5 aromatic rings. The minimum atomic E-state index is 0.0552. The van der Waals surface area contributed by atoms with Crippen LogP contribution < -0.4 is 4.74 Å². The summed E-state index contributed by atoms with van der Waals surface area (Å²) in [6, 6.07) is 10.1. The van der Waals surface area contributed by atoms with Crippen molar-refractivity contribution >= 4 is 11.3 Å². The van der Waals surface area contributed by atoms with Crippen molar-refractivity contribution in [1.29, 1.82) is 0 Å². The summed E-state index contributed by atoms with van der Waals surface area (Å²) in [6.07, 6.45) is 9.64. The van der Waals surface area contributed by atoms with Gasteiger partial charge in [-0.1, -0.05) is 6.07 Å². The molecule has 9 nitrogen and oxygen atoms in total. The lowest BCUT2D eigenvalue weighted by molar-refractivity contribution is 0.269. The molecule has 1 aromatic carbocycles. The van der Waals surface area contributed by atoms with Crippen LogP contribution in [-0.2, 0) is 19.5 Å². The van der Waals surface area contributed by atoms with E-state index in [0.29, 0.717) is 19.7 Å². The fraction of sp³-hybridized carbons (Fsp3) is 0.208. The van der Waals surface area contributed by atoms with Gasteiger partial charge in [0.1, 0.15) is 12.1 Å². The van der Waals surface area contributed by atoms with Gasteiger partial charge in [0.05, 0.1) is 38.2 Å². The number of pyridine rings is 1. The maximum Gasteiger partial charge on any atom is 0.187 e. The molecule has 0 radical (unpaired) electrons. The van der Waals surface area contributed by atoms with Gasteiger partial charge in [-0.05, 0) is 35.4 Å². The Kier molecular flexibility index (Phi) is 5.36. The van der Waals surface area contributed by atoms with E-state index < -0.39 is 0 Å². The number of fused-ring (bicyclic) bond motifs is 3. The molecule has 0 bridgehead atoms. The average Bonchev–Trinajstić information content (AvgIpc) is 3.59. The molecule has 0 atom stereocenters. The van der Waals surface area contributed by atoms with Gasteiger partial charge in [-0.15, -0.1) is 11.3 Å². The lowest BCUT2D eigenvalue weighted by atomic mass is 10.0. The molecule has 0 saturated carbocycles. The lowest BCUT2D eigenvalue weighted by Crippen LogP contribution is -2.04. The number of rotatable bonds is 6. The Labute approximate surface area is 199 Å². The normalized spacial score (nSPS) is 12.6. The molecule has 0 amide bonds. The Morgan fingerprint density at radius 1 is 1.09 bits per heavy atom. The molecule has 6 rings (SSSR count). The fourth-order valence-electron chi connectivity index (χ4n) is 4.04. The maximum absolute atomic E-state index is 9.14. The molecule has 170 valence electrons. The number of nitrogens with zero attached hydrogens (tertiary/aromatic N) is 7. The van der Waals surface area contributed by atoms with Crippen molar-refractivity contribution < 1.29 is 9.84 Å². The Bertz CT molecular complexity index is 1440. The first-order chi connectivity index (χ1) is 16.8. The zero-order valence-corrected chi connectivity index (χ0v) is 19.0. The summed E-state index contributed by atoms with van der Waals surface area (Å²) < 4.78 is 9.70. The van der Waals surface area contributed by atoms with Crippen LogP contribution in [0, 0.1) is 0 Å². The van der Waals surface area contributed by atoms with Gasteiger partial charge in [-0.2, -0.15) is 10.2 Å². The van der Waals surface area contributed by atoms with Gasteiger partial charge < -0.3 is 9.84 Å². The topological polar surface area (TPSA) is 104 Å². The summed E-state index contributed by atoms with van der Waals surface area (Å²) >= 11 is 1.64. The second-order valence-corrected chi connectivity index (χ2v) is 9.00. The third-order valence-corrected chi connectivity index (χ3v) is 6.82. The SMILES string of the molecule is OCCn1cc(-c2ccc3c(c2)OCCc2sc(-c4ncnn4Cc4ccncc4)nc2-3)cn1. The highest BCUT2D eigenvalue weighted by Crippen LogP contribution is 2.41. The van der Waals surface area contributed by atoms with Crippen LogP contribution in [0.15, 0.2) is 61.4 Å². The second-order valence-electron chi connectivity index (χ2n) is 7.91. The van der Waals surface area contributed by atoms with Crippen LogP contribution in [0.5, 0.6) is 5.75 Å². The monoisotopic (exact) mass is 471 g/mol. The first-order valence-electron chi connectivity index (χ1n) is 11.0. The number of ether oxygens (including phenoxy) is 1. The smallest absolute Gasteiger partial charge is 0.187 e. The van der Waals surface area contributed by atoms with Gasteiger partial charge >= 0.3 is 0 Å². The third-order valence-electron chi connectivity index (χ3n) is 5.70. The van der Waals surface area contributed by atoms with Gasteiger partial charge in [0.15, 0.2) is 10.8 Å². The van der Waals surface area contributed by atoms with Gasteiger partial charge in [-0.25, -0.2) is 14.6 Å². The van der Waals surface area contributed by atoms with Crippen LogP contribution in [0.1, 0.15) is 10.4 Å². The molecule has 1 N–H and O–H groups in total. The molecule has 34 heavy (non-hydrogen) atoms. The standard InChI is InChI=1S/C24H21N7O2S/c32-9-8-30-14-18(12-27-30)17-1-2-19-20(11-17)33-10-5-21-22(19)29-24(34-21)23-26-15-28-31(23)13-16-3-6-25-7-4-16/h1-4,6-7,11-12,14-15,32H,5,8-10,13H2. The Hall–Kier alpha value is -3.89. The molecule has 4 aromatic heterocycles. The predicted octanol–water partition coefficient (Wildman–Crippen LogP) is 3.30. The molecule has 0 unspecified atom stereocenters. The summed E-state index contributed by atoms with van der Waals surface area (Å²) in [5.41, 5.74) is 5.01. The maximum atomic E-state index is 9.14.